The molecular formula is C15H20N6O. The molecule has 2 aromatic heterocycles. The second-order valence-corrected chi connectivity index (χ2v) is 5.37. The van der Waals surface area contributed by atoms with Gasteiger partial charge in [-0.05, 0) is 19.1 Å². The molecule has 3 heterocycles. The highest BCUT2D eigenvalue weighted by atomic mass is 16.5. The number of aromatic nitrogens is 4. The van der Waals surface area contributed by atoms with Gasteiger partial charge in [0.05, 0.1) is 24.1 Å². The number of anilines is 1. The van der Waals surface area contributed by atoms with E-state index in [4.69, 9.17) is 4.74 Å². The molecule has 7 nitrogen and oxygen atoms in total. The van der Waals surface area contributed by atoms with E-state index in [9.17, 15) is 0 Å². The van der Waals surface area contributed by atoms with E-state index in [1.165, 1.54) is 0 Å². The van der Waals surface area contributed by atoms with E-state index in [2.05, 4.69) is 30.4 Å². The van der Waals surface area contributed by atoms with Gasteiger partial charge in [0, 0.05) is 44.8 Å². The summed E-state index contributed by atoms with van der Waals surface area (Å²) in [4.78, 5) is 11.0. The molecule has 1 aliphatic rings. The maximum Gasteiger partial charge on any atom is 0.148 e. The van der Waals surface area contributed by atoms with Gasteiger partial charge in [0.25, 0.3) is 0 Å². The van der Waals surface area contributed by atoms with Crippen LogP contribution in [0.25, 0.3) is 0 Å². The molecule has 0 spiro atoms. The molecule has 1 atom stereocenters. The van der Waals surface area contributed by atoms with Gasteiger partial charge in [-0.1, -0.05) is 0 Å². The summed E-state index contributed by atoms with van der Waals surface area (Å²) in [7, 11) is 0. The molecule has 7 heteroatoms. The van der Waals surface area contributed by atoms with E-state index in [1.807, 2.05) is 31.5 Å². The first kappa shape index (κ1) is 14.8. The van der Waals surface area contributed by atoms with Crippen molar-refractivity contribution in [3.8, 4) is 0 Å². The first-order valence-corrected chi connectivity index (χ1v) is 7.42. The molecule has 0 amide bonds. The average Bonchev–Trinajstić information content (AvgIpc) is 2.57. The summed E-state index contributed by atoms with van der Waals surface area (Å²) >= 11 is 0. The van der Waals surface area contributed by atoms with Crippen LogP contribution in [-0.4, -0.2) is 57.4 Å². The fourth-order valence-electron chi connectivity index (χ4n) is 2.39. The number of hydrogen-bond acceptors (Lipinski definition) is 7. The Hall–Kier alpha value is -2.12. The zero-order valence-electron chi connectivity index (χ0n) is 12.6. The summed E-state index contributed by atoms with van der Waals surface area (Å²) in [5.74, 6) is 0.771. The Kier molecular flexibility index (Phi) is 4.87. The number of morpholine rings is 1. The predicted octanol–water partition coefficient (Wildman–Crippen LogP) is 0.888. The number of rotatable bonds is 5. The van der Waals surface area contributed by atoms with Crippen molar-refractivity contribution in [2.24, 2.45) is 0 Å². The Morgan fingerprint density at radius 3 is 3.09 bits per heavy atom. The zero-order chi connectivity index (χ0) is 15.2. The van der Waals surface area contributed by atoms with E-state index in [0.717, 1.165) is 50.0 Å². The molecule has 116 valence electrons. The molecule has 0 unspecified atom stereocenters. The Morgan fingerprint density at radius 2 is 2.32 bits per heavy atom. The summed E-state index contributed by atoms with van der Waals surface area (Å²) < 4.78 is 5.80. The lowest BCUT2D eigenvalue weighted by Crippen LogP contribution is -2.45. The van der Waals surface area contributed by atoms with Crippen LogP contribution >= 0.6 is 0 Å². The lowest BCUT2D eigenvalue weighted by atomic mass is 10.2. The third kappa shape index (κ3) is 4.19. The number of aryl methyl sites for hydroxylation is 1. The highest BCUT2D eigenvalue weighted by molar-refractivity contribution is 5.31. The van der Waals surface area contributed by atoms with Gasteiger partial charge < -0.3 is 10.1 Å². The maximum absolute atomic E-state index is 5.80. The molecule has 0 aromatic carbocycles. The molecule has 0 aliphatic carbocycles. The van der Waals surface area contributed by atoms with Crippen molar-refractivity contribution in [1.29, 1.82) is 0 Å². The quantitative estimate of drug-likeness (QED) is 0.878. The molecule has 2 aromatic rings. The van der Waals surface area contributed by atoms with Crippen LogP contribution in [0, 0.1) is 6.92 Å². The lowest BCUT2D eigenvalue weighted by Gasteiger charge is -2.32. The van der Waals surface area contributed by atoms with Crippen LogP contribution < -0.4 is 5.32 Å². The molecule has 1 fully saturated rings. The van der Waals surface area contributed by atoms with Gasteiger partial charge in [-0.15, -0.1) is 5.10 Å². The number of ether oxygens (including phenoxy) is 1. The fraction of sp³-hybridized carbons (Fsp3) is 0.467. The number of hydrogen-bond donors (Lipinski definition) is 1. The summed E-state index contributed by atoms with van der Waals surface area (Å²) in [5.41, 5.74) is 1.94. The minimum Gasteiger partial charge on any atom is -0.374 e. The van der Waals surface area contributed by atoms with Crippen LogP contribution in [0.1, 0.15) is 11.4 Å². The Balaban J connectivity index is 1.49. The van der Waals surface area contributed by atoms with Gasteiger partial charge in [-0.25, -0.2) is 0 Å². The zero-order valence-corrected chi connectivity index (χ0v) is 12.6. The van der Waals surface area contributed by atoms with Crippen molar-refractivity contribution in [2.45, 2.75) is 19.6 Å². The molecule has 1 aliphatic heterocycles. The Morgan fingerprint density at radius 1 is 1.36 bits per heavy atom. The molecule has 1 N–H and O–H groups in total. The standard InChI is InChI=1S/C15H20N6O/c1-12-7-17-13(8-16-12)10-21-5-6-22-14(11-21)9-18-15-3-2-4-19-20-15/h2-4,7-8,14H,5-6,9-11H2,1H3,(H,18,20)/t14-/m1/s1. The van der Waals surface area contributed by atoms with Gasteiger partial charge in [0.2, 0.25) is 0 Å². The summed E-state index contributed by atoms with van der Waals surface area (Å²) in [6.07, 6.45) is 5.45. The maximum atomic E-state index is 5.80. The van der Waals surface area contributed by atoms with E-state index in [-0.39, 0.29) is 6.10 Å². The van der Waals surface area contributed by atoms with Crippen LogP contribution in [0.5, 0.6) is 0 Å². The first-order valence-electron chi connectivity index (χ1n) is 7.42. The molecule has 3 rings (SSSR count). The van der Waals surface area contributed by atoms with E-state index in [1.54, 1.807) is 6.20 Å². The largest absolute Gasteiger partial charge is 0.374 e. The topological polar surface area (TPSA) is 76.1 Å². The fourth-order valence-corrected chi connectivity index (χ4v) is 2.39. The average molecular weight is 300 g/mol. The normalized spacial score (nSPS) is 19.0. The SMILES string of the molecule is Cc1cnc(CN2CCO[C@H](CNc3cccnn3)C2)cn1. The van der Waals surface area contributed by atoms with Gasteiger partial charge in [-0.3, -0.25) is 14.9 Å². The molecule has 0 bridgehead atoms. The number of nitrogens with one attached hydrogen (secondary N) is 1. The van der Waals surface area contributed by atoms with E-state index < -0.39 is 0 Å². The van der Waals surface area contributed by atoms with Crippen molar-refractivity contribution in [1.82, 2.24) is 25.1 Å². The highest BCUT2D eigenvalue weighted by Crippen LogP contribution is 2.10. The predicted molar refractivity (Wildman–Crippen MR) is 82.3 cm³/mol. The van der Waals surface area contributed by atoms with Crippen LogP contribution in [0.3, 0.4) is 0 Å². The van der Waals surface area contributed by atoms with Crippen LogP contribution in [0.15, 0.2) is 30.7 Å². The van der Waals surface area contributed by atoms with E-state index in [0.29, 0.717) is 0 Å². The van der Waals surface area contributed by atoms with Crippen LogP contribution in [0.2, 0.25) is 0 Å². The monoisotopic (exact) mass is 300 g/mol. The lowest BCUT2D eigenvalue weighted by molar-refractivity contribution is -0.0244. The van der Waals surface area contributed by atoms with Crippen molar-refractivity contribution in [3.63, 3.8) is 0 Å². The summed E-state index contributed by atoms with van der Waals surface area (Å²) in [6, 6.07) is 3.76. The second kappa shape index (κ2) is 7.24. The first-order chi connectivity index (χ1) is 10.8. The molecule has 0 saturated carbocycles. The second-order valence-electron chi connectivity index (χ2n) is 5.37. The van der Waals surface area contributed by atoms with Gasteiger partial charge in [-0.2, -0.15) is 5.10 Å². The third-order valence-corrected chi connectivity index (χ3v) is 3.53. The van der Waals surface area contributed by atoms with Gasteiger partial charge in [0.15, 0.2) is 0 Å². The highest BCUT2D eigenvalue weighted by Gasteiger charge is 2.20. The molecule has 22 heavy (non-hydrogen) atoms. The minimum absolute atomic E-state index is 0.133. The summed E-state index contributed by atoms with van der Waals surface area (Å²) in [5, 5.41) is 11.1. The summed E-state index contributed by atoms with van der Waals surface area (Å²) in [6.45, 7) is 5.97. The van der Waals surface area contributed by atoms with E-state index >= 15 is 0 Å². The Bertz CT molecular complexity index is 576. The number of nitrogens with zero attached hydrogens (tertiary/aromatic N) is 5. The smallest absolute Gasteiger partial charge is 0.148 e. The molecular weight excluding hydrogens is 280 g/mol. The van der Waals surface area contributed by atoms with Crippen LogP contribution in [0.4, 0.5) is 5.82 Å². The molecule has 0 radical (unpaired) electrons. The van der Waals surface area contributed by atoms with Gasteiger partial charge in [0.1, 0.15) is 5.82 Å². The van der Waals surface area contributed by atoms with Crippen molar-refractivity contribution in [3.05, 3.63) is 42.1 Å². The van der Waals surface area contributed by atoms with Crippen molar-refractivity contribution in [2.75, 3.05) is 31.6 Å². The minimum atomic E-state index is 0.133. The van der Waals surface area contributed by atoms with Gasteiger partial charge >= 0.3 is 0 Å². The van der Waals surface area contributed by atoms with Crippen molar-refractivity contribution >= 4 is 5.82 Å². The van der Waals surface area contributed by atoms with Crippen molar-refractivity contribution < 1.29 is 4.74 Å². The van der Waals surface area contributed by atoms with Crippen LogP contribution in [-0.2, 0) is 11.3 Å². The molecule has 1 saturated heterocycles. The Labute approximate surface area is 129 Å². The third-order valence-electron chi connectivity index (χ3n) is 3.53.